The monoisotopic (exact) mass is 479 g/mol. The number of ether oxygens (including phenoxy) is 3. The molecule has 35 heavy (non-hydrogen) atoms. The lowest BCUT2D eigenvalue weighted by Gasteiger charge is -2.23. The average molecular weight is 480 g/mol. The van der Waals surface area contributed by atoms with Crippen molar-refractivity contribution in [1.29, 1.82) is 0 Å². The van der Waals surface area contributed by atoms with Gasteiger partial charge < -0.3 is 29.4 Å². The van der Waals surface area contributed by atoms with Gasteiger partial charge in [0, 0.05) is 50.0 Å². The Kier molecular flexibility index (Phi) is 7.79. The van der Waals surface area contributed by atoms with Gasteiger partial charge in [-0.3, -0.25) is 9.59 Å². The van der Waals surface area contributed by atoms with E-state index in [9.17, 15) is 14.4 Å². The quantitative estimate of drug-likeness (QED) is 0.319. The Morgan fingerprint density at radius 2 is 1.63 bits per heavy atom. The molecule has 4 rings (SSSR count). The van der Waals surface area contributed by atoms with Gasteiger partial charge in [0.25, 0.3) is 5.56 Å². The minimum Gasteiger partial charge on any atom is -0.447 e. The van der Waals surface area contributed by atoms with Crippen LogP contribution < -0.4 is 16.2 Å². The summed E-state index contributed by atoms with van der Waals surface area (Å²) in [6.07, 6.45) is 0.256. The zero-order valence-corrected chi connectivity index (χ0v) is 19.9. The van der Waals surface area contributed by atoms with Crippen molar-refractivity contribution in [3.8, 4) is 11.1 Å². The summed E-state index contributed by atoms with van der Waals surface area (Å²) in [6.45, 7) is 2.51. The maximum absolute atomic E-state index is 13.5. The van der Waals surface area contributed by atoms with E-state index in [2.05, 4.69) is 10.6 Å². The number of carbonyl (C=O) groups excluding carboxylic acids is 2. The number of hydrogen-bond acceptors (Lipinski definition) is 7. The molecule has 2 N–H and O–H groups in total. The fourth-order valence-corrected chi connectivity index (χ4v) is 4.19. The molecule has 1 amide bonds. The zero-order valence-electron chi connectivity index (χ0n) is 19.9. The first-order chi connectivity index (χ1) is 17.0. The molecular weight excluding hydrogens is 450 g/mol. The highest BCUT2D eigenvalue weighted by molar-refractivity contribution is 6.28. The molecule has 0 bridgehead atoms. The molecular formula is C26H29N3O6. The number of aromatic nitrogens is 1. The molecule has 3 aromatic rings. The summed E-state index contributed by atoms with van der Waals surface area (Å²) in [5, 5.41) is 6.54. The number of pyridine rings is 1. The minimum absolute atomic E-state index is 0.0476. The minimum atomic E-state index is -0.482. The highest BCUT2D eigenvalue weighted by atomic mass is 16.6. The van der Waals surface area contributed by atoms with E-state index in [4.69, 9.17) is 14.2 Å². The number of aryl methyl sites for hydroxylation is 1. The molecule has 0 saturated carbocycles. The largest absolute Gasteiger partial charge is 0.447 e. The number of ketones is 1. The van der Waals surface area contributed by atoms with Crippen molar-refractivity contribution in [3.63, 3.8) is 0 Å². The first kappa shape index (κ1) is 24.4. The van der Waals surface area contributed by atoms with Gasteiger partial charge in [-0.25, -0.2) is 4.79 Å². The fourth-order valence-electron chi connectivity index (χ4n) is 4.19. The van der Waals surface area contributed by atoms with E-state index < -0.39 is 6.09 Å². The number of rotatable bonds is 11. The second-order valence-corrected chi connectivity index (χ2v) is 8.10. The average Bonchev–Trinajstić information content (AvgIpc) is 2.88. The molecule has 9 heteroatoms. The van der Waals surface area contributed by atoms with Crippen LogP contribution in [0.25, 0.3) is 22.0 Å². The lowest BCUT2D eigenvalue weighted by Crippen LogP contribution is -2.21. The van der Waals surface area contributed by atoms with Crippen molar-refractivity contribution < 1.29 is 23.8 Å². The van der Waals surface area contributed by atoms with Gasteiger partial charge in [0.1, 0.15) is 6.61 Å². The molecule has 184 valence electrons. The molecule has 2 aromatic carbocycles. The van der Waals surface area contributed by atoms with E-state index in [1.54, 1.807) is 23.7 Å². The summed E-state index contributed by atoms with van der Waals surface area (Å²) in [5.74, 6) is -0.0476. The van der Waals surface area contributed by atoms with Crippen LogP contribution in [0, 0.1) is 0 Å². The van der Waals surface area contributed by atoms with Crippen molar-refractivity contribution in [3.05, 3.63) is 63.9 Å². The number of nitrogens with one attached hydrogen (secondary N) is 2. The van der Waals surface area contributed by atoms with Gasteiger partial charge in [0.2, 0.25) is 0 Å². The third-order valence-electron chi connectivity index (χ3n) is 5.92. The molecule has 9 nitrogen and oxygen atoms in total. The summed E-state index contributed by atoms with van der Waals surface area (Å²) in [6, 6.07) is 12.8. The number of nitrogens with zero attached hydrogens (tertiary/aromatic N) is 1. The van der Waals surface area contributed by atoms with Gasteiger partial charge in [-0.05, 0) is 29.7 Å². The van der Waals surface area contributed by atoms with Crippen LogP contribution in [0.15, 0.2) is 47.3 Å². The van der Waals surface area contributed by atoms with Crippen LogP contribution in [-0.4, -0.2) is 63.1 Å². The van der Waals surface area contributed by atoms with E-state index >= 15 is 0 Å². The molecule has 0 saturated heterocycles. The number of hydrogen-bond donors (Lipinski definition) is 2. The number of anilines is 1. The molecule has 1 aliphatic carbocycles. The highest BCUT2D eigenvalue weighted by Crippen LogP contribution is 2.41. The maximum atomic E-state index is 13.5. The van der Waals surface area contributed by atoms with Crippen LogP contribution in [-0.2, 0) is 21.3 Å². The van der Waals surface area contributed by atoms with Crippen LogP contribution in [0.4, 0.5) is 10.5 Å². The third-order valence-corrected chi connectivity index (χ3v) is 5.92. The summed E-state index contributed by atoms with van der Waals surface area (Å²) >= 11 is 0. The summed E-state index contributed by atoms with van der Waals surface area (Å²) in [4.78, 5) is 36.9. The number of alkyl carbamates (subject to hydrolysis) is 1. The zero-order chi connectivity index (χ0) is 24.8. The van der Waals surface area contributed by atoms with Crippen molar-refractivity contribution in [2.75, 3.05) is 51.9 Å². The fraction of sp³-hybridized carbons (Fsp3) is 0.346. The Morgan fingerprint density at radius 1 is 0.914 bits per heavy atom. The predicted molar refractivity (Wildman–Crippen MR) is 133 cm³/mol. The molecule has 1 aliphatic rings. The first-order valence-electron chi connectivity index (χ1n) is 11.6. The van der Waals surface area contributed by atoms with Gasteiger partial charge in [0.05, 0.1) is 30.9 Å². The van der Waals surface area contributed by atoms with E-state index in [1.807, 2.05) is 30.3 Å². The van der Waals surface area contributed by atoms with Gasteiger partial charge in [-0.1, -0.05) is 24.3 Å². The highest BCUT2D eigenvalue weighted by Gasteiger charge is 2.28. The van der Waals surface area contributed by atoms with Crippen LogP contribution in [0.5, 0.6) is 0 Å². The van der Waals surface area contributed by atoms with Gasteiger partial charge in [-0.2, -0.15) is 0 Å². The SMILES string of the molecule is CNC(=O)OCCOCCOCCCNc1ccc2c3c(cc(=O)n2C)-c2ccccc2C(=O)c13. The molecule has 0 atom stereocenters. The van der Waals surface area contributed by atoms with E-state index in [1.165, 1.54) is 7.05 Å². The Labute approximate surface area is 203 Å². The van der Waals surface area contributed by atoms with Crippen LogP contribution >= 0.6 is 0 Å². The normalized spacial score (nSPS) is 11.9. The van der Waals surface area contributed by atoms with Crippen LogP contribution in [0.1, 0.15) is 22.3 Å². The van der Waals surface area contributed by atoms with E-state index in [0.717, 1.165) is 34.1 Å². The summed E-state index contributed by atoms with van der Waals surface area (Å²) in [7, 11) is 3.22. The van der Waals surface area contributed by atoms with Crippen molar-refractivity contribution in [2.45, 2.75) is 6.42 Å². The molecule has 0 spiro atoms. The number of carbonyl (C=O) groups is 2. The van der Waals surface area contributed by atoms with Crippen LogP contribution in [0.3, 0.4) is 0 Å². The summed E-state index contributed by atoms with van der Waals surface area (Å²) in [5.41, 5.74) is 4.16. The second kappa shape index (κ2) is 11.2. The number of benzene rings is 2. The van der Waals surface area contributed by atoms with E-state index in [-0.39, 0.29) is 17.9 Å². The van der Waals surface area contributed by atoms with Gasteiger partial charge in [0.15, 0.2) is 5.78 Å². The molecule has 0 radical (unpaired) electrons. The lowest BCUT2D eigenvalue weighted by atomic mass is 9.83. The third kappa shape index (κ3) is 5.21. The van der Waals surface area contributed by atoms with Gasteiger partial charge >= 0.3 is 6.09 Å². The smallest absolute Gasteiger partial charge is 0.406 e. The number of amides is 1. The summed E-state index contributed by atoms with van der Waals surface area (Å²) < 4.78 is 17.3. The Hall–Kier alpha value is -3.69. The second-order valence-electron chi connectivity index (χ2n) is 8.10. The lowest BCUT2D eigenvalue weighted by molar-refractivity contribution is 0.0283. The molecule has 1 aromatic heterocycles. The topological polar surface area (TPSA) is 108 Å². The molecule has 1 heterocycles. The maximum Gasteiger partial charge on any atom is 0.406 e. The van der Waals surface area contributed by atoms with Crippen molar-refractivity contribution in [2.24, 2.45) is 7.05 Å². The Morgan fingerprint density at radius 3 is 2.40 bits per heavy atom. The number of fused-ring (bicyclic) bond motifs is 2. The first-order valence-corrected chi connectivity index (χ1v) is 11.6. The Balaban J connectivity index is 1.35. The standard InChI is InChI=1S/C26H29N3O6/c1-27-26(32)35-15-14-34-13-12-33-11-5-10-28-20-8-9-21-23-19(16-22(30)29(21)2)17-6-3-4-7-18(17)25(31)24(20)23/h3-4,6-9,16,28H,5,10-15H2,1-2H3,(H,27,32). The van der Waals surface area contributed by atoms with E-state index in [0.29, 0.717) is 44.1 Å². The van der Waals surface area contributed by atoms with Crippen molar-refractivity contribution in [1.82, 2.24) is 9.88 Å². The van der Waals surface area contributed by atoms with Gasteiger partial charge in [-0.15, -0.1) is 0 Å². The van der Waals surface area contributed by atoms with Crippen LogP contribution in [0.2, 0.25) is 0 Å². The molecule has 0 aliphatic heterocycles. The predicted octanol–water partition coefficient (Wildman–Crippen LogP) is 2.94. The molecule has 0 unspecified atom stereocenters. The molecule has 0 fully saturated rings. The Bertz CT molecular complexity index is 1300. The van der Waals surface area contributed by atoms with Crippen molar-refractivity contribution >= 4 is 28.5 Å².